The molecule has 0 aliphatic rings. The molecule has 0 atom stereocenters. The second-order valence-electron chi connectivity index (χ2n) is 4.85. The maximum absolute atomic E-state index is 13.0. The van der Waals surface area contributed by atoms with Gasteiger partial charge in [0, 0.05) is 28.8 Å². The summed E-state index contributed by atoms with van der Waals surface area (Å²) in [6, 6.07) is 16.4. The molecule has 5 heteroatoms. The summed E-state index contributed by atoms with van der Waals surface area (Å²) in [4.78, 5) is 1.00. The first kappa shape index (κ1) is 15.1. The molecule has 2 aromatic carbocycles. The molecule has 0 spiro atoms. The van der Waals surface area contributed by atoms with E-state index in [-0.39, 0.29) is 5.82 Å². The van der Waals surface area contributed by atoms with Crippen LogP contribution in [0.3, 0.4) is 0 Å². The molecule has 0 aliphatic heterocycles. The van der Waals surface area contributed by atoms with Crippen LogP contribution in [0.5, 0.6) is 0 Å². The quantitative estimate of drug-likeness (QED) is 0.613. The van der Waals surface area contributed by atoms with Crippen molar-refractivity contribution in [3.05, 3.63) is 71.1 Å². The van der Waals surface area contributed by atoms with Gasteiger partial charge in [-0.25, -0.2) is 4.39 Å². The van der Waals surface area contributed by atoms with Crippen molar-refractivity contribution < 1.29 is 4.39 Å². The Morgan fingerprint density at radius 1 is 1.09 bits per heavy atom. The van der Waals surface area contributed by atoms with Gasteiger partial charge < -0.3 is 0 Å². The molecule has 1 heterocycles. The molecule has 1 aromatic heterocycles. The summed E-state index contributed by atoms with van der Waals surface area (Å²) >= 11 is 8.00. The summed E-state index contributed by atoms with van der Waals surface area (Å²) in [5.41, 5.74) is 2.92. The summed E-state index contributed by atoms with van der Waals surface area (Å²) in [7, 11) is 1.83. The Bertz CT molecular complexity index is 769. The zero-order chi connectivity index (χ0) is 15.5. The highest BCUT2D eigenvalue weighted by atomic mass is 35.5. The summed E-state index contributed by atoms with van der Waals surface area (Å²) in [5.74, 6) is 0.455. The molecule has 0 aliphatic carbocycles. The van der Waals surface area contributed by atoms with Crippen LogP contribution in [-0.4, -0.2) is 9.78 Å². The van der Waals surface area contributed by atoms with E-state index in [4.69, 9.17) is 11.6 Å². The fraction of sp³-hybridized carbons (Fsp3) is 0.118. The minimum Gasteiger partial charge on any atom is -0.256 e. The maximum Gasteiger partial charge on any atom is 0.131 e. The Hall–Kier alpha value is -1.78. The van der Waals surface area contributed by atoms with Crippen molar-refractivity contribution in [2.75, 3.05) is 0 Å². The van der Waals surface area contributed by atoms with Gasteiger partial charge in [0.05, 0.1) is 5.69 Å². The fourth-order valence-electron chi connectivity index (χ4n) is 2.19. The third kappa shape index (κ3) is 3.18. The van der Waals surface area contributed by atoms with Crippen molar-refractivity contribution in [2.24, 2.45) is 7.05 Å². The van der Waals surface area contributed by atoms with Crippen molar-refractivity contribution in [3.63, 3.8) is 0 Å². The molecule has 0 N–H and O–H groups in total. The SMILES string of the molecule is Cn1nc(-c2ccccc2)c(CSc2ccc(F)cc2)c1Cl. The molecule has 0 bridgehead atoms. The number of thioether (sulfide) groups is 1. The second kappa shape index (κ2) is 6.55. The van der Waals surface area contributed by atoms with Crippen LogP contribution in [0.15, 0.2) is 59.5 Å². The predicted molar refractivity (Wildman–Crippen MR) is 89.6 cm³/mol. The number of nitrogens with zero attached hydrogens (tertiary/aromatic N) is 2. The van der Waals surface area contributed by atoms with Crippen LogP contribution in [0.4, 0.5) is 4.39 Å². The third-order valence-electron chi connectivity index (χ3n) is 3.31. The van der Waals surface area contributed by atoms with Crippen molar-refractivity contribution in [2.45, 2.75) is 10.6 Å². The average Bonchev–Trinajstić information content (AvgIpc) is 2.83. The van der Waals surface area contributed by atoms with Crippen LogP contribution in [0, 0.1) is 5.82 Å². The second-order valence-corrected chi connectivity index (χ2v) is 6.26. The van der Waals surface area contributed by atoms with E-state index in [0.717, 1.165) is 21.7 Å². The van der Waals surface area contributed by atoms with E-state index in [1.54, 1.807) is 28.6 Å². The minimum absolute atomic E-state index is 0.228. The first-order valence-corrected chi connectivity index (χ1v) is 8.16. The monoisotopic (exact) mass is 332 g/mol. The Kier molecular flexibility index (Phi) is 4.50. The molecule has 2 nitrogen and oxygen atoms in total. The predicted octanol–water partition coefficient (Wildman–Crippen LogP) is 5.17. The van der Waals surface area contributed by atoms with Gasteiger partial charge in [0.15, 0.2) is 0 Å². The molecule has 3 rings (SSSR count). The summed E-state index contributed by atoms with van der Waals surface area (Å²) < 4.78 is 14.6. The van der Waals surface area contributed by atoms with Crippen molar-refractivity contribution in [1.29, 1.82) is 0 Å². The van der Waals surface area contributed by atoms with Crippen LogP contribution in [0.25, 0.3) is 11.3 Å². The lowest BCUT2D eigenvalue weighted by Gasteiger charge is -2.04. The van der Waals surface area contributed by atoms with E-state index in [1.165, 1.54) is 12.1 Å². The van der Waals surface area contributed by atoms with Gasteiger partial charge in [-0.3, -0.25) is 4.68 Å². The average molecular weight is 333 g/mol. The van der Waals surface area contributed by atoms with Gasteiger partial charge in [-0.2, -0.15) is 5.10 Å². The molecule has 0 unspecified atom stereocenters. The smallest absolute Gasteiger partial charge is 0.131 e. The lowest BCUT2D eigenvalue weighted by atomic mass is 10.1. The highest BCUT2D eigenvalue weighted by Gasteiger charge is 2.16. The van der Waals surface area contributed by atoms with Gasteiger partial charge in [0.25, 0.3) is 0 Å². The van der Waals surface area contributed by atoms with Gasteiger partial charge in [-0.15, -0.1) is 11.8 Å². The first-order valence-electron chi connectivity index (χ1n) is 6.80. The number of benzene rings is 2. The van der Waals surface area contributed by atoms with E-state index in [2.05, 4.69) is 5.10 Å². The highest BCUT2D eigenvalue weighted by molar-refractivity contribution is 7.98. The molecule has 0 saturated carbocycles. The largest absolute Gasteiger partial charge is 0.256 e. The number of hydrogen-bond acceptors (Lipinski definition) is 2. The standard InChI is InChI=1S/C17H14ClFN2S/c1-21-17(18)15(11-22-14-9-7-13(19)8-10-14)16(20-21)12-5-3-2-4-6-12/h2-10H,11H2,1H3. The molecular formula is C17H14ClFN2S. The van der Waals surface area contributed by atoms with E-state index in [0.29, 0.717) is 10.9 Å². The van der Waals surface area contributed by atoms with Gasteiger partial charge in [0.2, 0.25) is 0 Å². The van der Waals surface area contributed by atoms with E-state index >= 15 is 0 Å². The van der Waals surface area contributed by atoms with Crippen molar-refractivity contribution in [1.82, 2.24) is 9.78 Å². The Labute approximate surface area is 137 Å². The zero-order valence-corrected chi connectivity index (χ0v) is 13.5. The number of aryl methyl sites for hydroxylation is 1. The van der Waals surface area contributed by atoms with E-state index in [9.17, 15) is 4.39 Å². The Balaban J connectivity index is 1.88. The third-order valence-corrected chi connectivity index (χ3v) is 4.82. The zero-order valence-electron chi connectivity index (χ0n) is 12.0. The normalized spacial score (nSPS) is 10.9. The molecule has 112 valence electrons. The minimum atomic E-state index is -0.228. The van der Waals surface area contributed by atoms with E-state index < -0.39 is 0 Å². The topological polar surface area (TPSA) is 17.8 Å². The van der Waals surface area contributed by atoms with Crippen molar-refractivity contribution >= 4 is 23.4 Å². The first-order chi connectivity index (χ1) is 10.6. The molecule has 0 radical (unpaired) electrons. The van der Waals surface area contributed by atoms with Crippen LogP contribution < -0.4 is 0 Å². The summed E-state index contributed by atoms with van der Waals surface area (Å²) in [5, 5.41) is 5.15. The van der Waals surface area contributed by atoms with Crippen LogP contribution in [0.1, 0.15) is 5.56 Å². The molecule has 0 fully saturated rings. The number of aromatic nitrogens is 2. The highest BCUT2D eigenvalue weighted by Crippen LogP contribution is 2.33. The van der Waals surface area contributed by atoms with Crippen LogP contribution >= 0.6 is 23.4 Å². The van der Waals surface area contributed by atoms with Gasteiger partial charge in [-0.1, -0.05) is 41.9 Å². The van der Waals surface area contributed by atoms with Gasteiger partial charge >= 0.3 is 0 Å². The maximum atomic E-state index is 13.0. The van der Waals surface area contributed by atoms with E-state index in [1.807, 2.05) is 37.4 Å². The fourth-order valence-corrected chi connectivity index (χ4v) is 3.38. The van der Waals surface area contributed by atoms with Crippen molar-refractivity contribution in [3.8, 4) is 11.3 Å². The Morgan fingerprint density at radius 2 is 1.77 bits per heavy atom. The van der Waals surface area contributed by atoms with Gasteiger partial charge in [-0.05, 0) is 24.3 Å². The molecule has 0 amide bonds. The molecule has 0 saturated heterocycles. The van der Waals surface area contributed by atoms with Crippen LogP contribution in [-0.2, 0) is 12.8 Å². The Morgan fingerprint density at radius 3 is 2.45 bits per heavy atom. The molecular weight excluding hydrogens is 319 g/mol. The summed E-state index contributed by atoms with van der Waals surface area (Å²) in [6.45, 7) is 0. The van der Waals surface area contributed by atoms with Crippen LogP contribution in [0.2, 0.25) is 5.15 Å². The van der Waals surface area contributed by atoms with Gasteiger partial charge in [0.1, 0.15) is 11.0 Å². The number of hydrogen-bond donors (Lipinski definition) is 0. The molecule has 22 heavy (non-hydrogen) atoms. The number of halogens is 2. The summed E-state index contributed by atoms with van der Waals surface area (Å²) in [6.07, 6.45) is 0. The lowest BCUT2D eigenvalue weighted by molar-refractivity contribution is 0.626. The lowest BCUT2D eigenvalue weighted by Crippen LogP contribution is -1.89. The number of rotatable bonds is 4. The molecule has 3 aromatic rings.